The molecule has 0 spiro atoms. The number of nitrogen functional groups attached to an aromatic ring is 1. The quantitative estimate of drug-likeness (QED) is 0.335. The van der Waals surface area contributed by atoms with Gasteiger partial charge in [0.25, 0.3) is 5.89 Å². The second-order valence-electron chi connectivity index (χ2n) is 9.17. The predicted molar refractivity (Wildman–Crippen MR) is 138 cm³/mol. The molecule has 2 heterocycles. The van der Waals surface area contributed by atoms with Crippen LogP contribution < -0.4 is 11.1 Å². The number of nitrogens with zero attached hydrogens (tertiary/aromatic N) is 4. The topological polar surface area (TPSA) is 157 Å². The largest absolute Gasteiger partial charge is 0.396 e. The molecule has 4 aromatic rings. The molecule has 0 atom stereocenters. The van der Waals surface area contributed by atoms with Crippen LogP contribution in [-0.4, -0.2) is 46.5 Å². The van der Waals surface area contributed by atoms with Crippen LogP contribution in [0.4, 0.5) is 21.8 Å². The molecule has 0 aliphatic heterocycles. The van der Waals surface area contributed by atoms with Crippen LogP contribution in [0.2, 0.25) is 0 Å². The molecule has 4 rings (SSSR count). The summed E-state index contributed by atoms with van der Waals surface area (Å²) in [5, 5.41) is 15.2. The number of aliphatic hydroxyl groups is 1. The van der Waals surface area contributed by atoms with Gasteiger partial charge in [-0.05, 0) is 30.2 Å². The Morgan fingerprint density at radius 3 is 2.35 bits per heavy atom. The predicted octanol–water partition coefficient (Wildman–Crippen LogP) is 3.91. The molecule has 2 aromatic carbocycles. The molecule has 0 aliphatic rings. The van der Waals surface area contributed by atoms with Crippen molar-refractivity contribution in [1.29, 1.82) is 0 Å². The molecule has 37 heavy (non-hydrogen) atoms. The van der Waals surface area contributed by atoms with E-state index in [1.54, 1.807) is 0 Å². The minimum atomic E-state index is -3.65. The smallest absolute Gasteiger partial charge is 0.263 e. The lowest BCUT2D eigenvalue weighted by molar-refractivity contribution is 0.299. The Bertz CT molecular complexity index is 1450. The second kappa shape index (κ2) is 11.4. The van der Waals surface area contributed by atoms with Crippen molar-refractivity contribution in [3.63, 3.8) is 0 Å². The van der Waals surface area contributed by atoms with E-state index in [1.807, 2.05) is 51.1 Å². The maximum absolute atomic E-state index is 14.0. The van der Waals surface area contributed by atoms with Crippen molar-refractivity contribution in [1.82, 2.24) is 20.1 Å². The Kier molecular flexibility index (Phi) is 8.56. The van der Waals surface area contributed by atoms with Gasteiger partial charge >= 0.3 is 0 Å². The summed E-state index contributed by atoms with van der Waals surface area (Å²) in [6.45, 7) is 6.08. The third-order valence-electron chi connectivity index (χ3n) is 4.98. The minimum Gasteiger partial charge on any atom is -0.396 e. The molecule has 0 bridgehead atoms. The Labute approximate surface area is 214 Å². The van der Waals surface area contributed by atoms with Crippen LogP contribution >= 0.6 is 0 Å². The summed E-state index contributed by atoms with van der Waals surface area (Å²) in [4.78, 5) is 12.1. The van der Waals surface area contributed by atoms with Gasteiger partial charge in [-0.2, -0.15) is 9.97 Å². The fourth-order valence-corrected chi connectivity index (χ4v) is 3.77. The molecule has 196 valence electrons. The molecule has 2 aromatic heterocycles. The van der Waals surface area contributed by atoms with Gasteiger partial charge in [0, 0.05) is 30.2 Å². The number of aliphatic hydroxyl groups excluding tert-OH is 1. The molecule has 12 heteroatoms. The van der Waals surface area contributed by atoms with Gasteiger partial charge in [-0.3, -0.25) is 0 Å². The third kappa shape index (κ3) is 7.54. The van der Waals surface area contributed by atoms with Crippen LogP contribution in [0.3, 0.4) is 0 Å². The fraction of sp³-hybridized carbons (Fsp3) is 0.280. The first kappa shape index (κ1) is 27.7. The van der Waals surface area contributed by atoms with E-state index in [9.17, 15) is 12.8 Å². The normalized spacial score (nSPS) is 11.5. The standard InChI is InChI=1S/C17H19FN6O3S.C8H10O/c1-17(2,3)15-23-14(27-24-15)10-8-20-16(22-13(10)19)21-9-5-6-12(11(18)7-9)28(4,25)26;9-7-6-8-4-2-1-3-5-8/h5-8H,1-4H3,(H3,19,20,21,22);1-5,9H,6-7H2. The molecule has 0 amide bonds. The first-order valence-corrected chi connectivity index (χ1v) is 13.2. The van der Waals surface area contributed by atoms with Gasteiger partial charge in [0.05, 0.1) is 0 Å². The molecule has 0 fully saturated rings. The van der Waals surface area contributed by atoms with Crippen molar-refractivity contribution in [2.24, 2.45) is 0 Å². The average Bonchev–Trinajstić information content (AvgIpc) is 3.30. The summed E-state index contributed by atoms with van der Waals surface area (Å²) in [5.74, 6) is 0.0267. The highest BCUT2D eigenvalue weighted by molar-refractivity contribution is 7.90. The van der Waals surface area contributed by atoms with E-state index in [2.05, 4.69) is 25.4 Å². The van der Waals surface area contributed by atoms with E-state index in [-0.39, 0.29) is 40.3 Å². The Balaban J connectivity index is 0.000000356. The van der Waals surface area contributed by atoms with Gasteiger partial charge in [-0.1, -0.05) is 56.3 Å². The van der Waals surface area contributed by atoms with Crippen LogP contribution in [0.15, 0.2) is 64.1 Å². The van der Waals surface area contributed by atoms with E-state index < -0.39 is 15.7 Å². The highest BCUT2D eigenvalue weighted by Gasteiger charge is 2.23. The van der Waals surface area contributed by atoms with Crippen LogP contribution in [-0.2, 0) is 21.7 Å². The number of hydrogen-bond acceptors (Lipinski definition) is 10. The zero-order valence-electron chi connectivity index (χ0n) is 20.9. The highest BCUT2D eigenvalue weighted by Crippen LogP contribution is 2.27. The number of rotatable bonds is 6. The molecule has 0 saturated heterocycles. The van der Waals surface area contributed by atoms with Gasteiger partial charge in [-0.25, -0.2) is 17.8 Å². The summed E-state index contributed by atoms with van der Waals surface area (Å²) < 4.78 is 42.2. The van der Waals surface area contributed by atoms with Gasteiger partial charge < -0.3 is 20.7 Å². The Morgan fingerprint density at radius 2 is 1.81 bits per heavy atom. The lowest BCUT2D eigenvalue weighted by Gasteiger charge is -2.11. The van der Waals surface area contributed by atoms with Gasteiger partial charge in [-0.15, -0.1) is 0 Å². The zero-order valence-corrected chi connectivity index (χ0v) is 21.8. The van der Waals surface area contributed by atoms with Crippen molar-refractivity contribution >= 4 is 27.3 Å². The monoisotopic (exact) mass is 528 g/mol. The first-order valence-electron chi connectivity index (χ1n) is 11.3. The fourth-order valence-electron chi connectivity index (χ4n) is 3.04. The summed E-state index contributed by atoms with van der Waals surface area (Å²) in [6.07, 6.45) is 3.11. The van der Waals surface area contributed by atoms with Gasteiger partial charge in [0.1, 0.15) is 22.1 Å². The average molecular weight is 529 g/mol. The maximum Gasteiger partial charge on any atom is 0.263 e. The van der Waals surface area contributed by atoms with Gasteiger partial charge in [0.15, 0.2) is 15.7 Å². The number of aromatic nitrogens is 4. The number of nitrogens with two attached hydrogens (primary N) is 1. The van der Waals surface area contributed by atoms with Crippen molar-refractivity contribution in [3.05, 3.63) is 71.9 Å². The molecule has 0 radical (unpaired) electrons. The van der Waals surface area contributed by atoms with E-state index in [0.717, 1.165) is 24.8 Å². The summed E-state index contributed by atoms with van der Waals surface area (Å²) in [5.41, 5.74) is 7.50. The van der Waals surface area contributed by atoms with Crippen molar-refractivity contribution in [2.75, 3.05) is 23.9 Å². The molecule has 0 saturated carbocycles. The Morgan fingerprint density at radius 1 is 1.11 bits per heavy atom. The van der Waals surface area contributed by atoms with E-state index in [1.165, 1.54) is 17.8 Å². The summed E-state index contributed by atoms with van der Waals surface area (Å²) in [7, 11) is -3.65. The number of sulfone groups is 1. The molecule has 0 aliphatic carbocycles. The maximum atomic E-state index is 14.0. The Hall–Kier alpha value is -3.90. The van der Waals surface area contributed by atoms with Crippen LogP contribution in [0.5, 0.6) is 0 Å². The molecule has 4 N–H and O–H groups in total. The first-order chi connectivity index (χ1) is 17.4. The van der Waals surface area contributed by atoms with Crippen molar-refractivity contribution in [3.8, 4) is 11.5 Å². The molecule has 0 unspecified atom stereocenters. The number of hydrogen-bond donors (Lipinski definition) is 3. The zero-order chi connectivity index (χ0) is 27.2. The van der Waals surface area contributed by atoms with E-state index >= 15 is 0 Å². The lowest BCUT2D eigenvalue weighted by Crippen LogP contribution is -2.13. The second-order valence-corrected chi connectivity index (χ2v) is 11.2. The number of anilines is 3. The number of benzene rings is 2. The lowest BCUT2D eigenvalue weighted by atomic mass is 9.96. The third-order valence-corrected chi connectivity index (χ3v) is 6.11. The number of nitrogens with one attached hydrogen (secondary N) is 1. The molecule has 10 nitrogen and oxygen atoms in total. The molecular weight excluding hydrogens is 499 g/mol. The highest BCUT2D eigenvalue weighted by atomic mass is 32.2. The van der Waals surface area contributed by atoms with Crippen LogP contribution in [0, 0.1) is 5.82 Å². The van der Waals surface area contributed by atoms with Crippen LogP contribution in [0.25, 0.3) is 11.5 Å². The van der Waals surface area contributed by atoms with Gasteiger partial charge in [0.2, 0.25) is 5.95 Å². The summed E-state index contributed by atoms with van der Waals surface area (Å²) >= 11 is 0. The molecular formula is C25H29FN6O4S. The van der Waals surface area contributed by atoms with Crippen LogP contribution in [0.1, 0.15) is 32.2 Å². The van der Waals surface area contributed by atoms with Crippen molar-refractivity contribution in [2.45, 2.75) is 37.5 Å². The summed E-state index contributed by atoms with van der Waals surface area (Å²) in [6, 6.07) is 13.6. The van der Waals surface area contributed by atoms with E-state index in [0.29, 0.717) is 11.4 Å². The van der Waals surface area contributed by atoms with Crippen molar-refractivity contribution < 1.29 is 22.4 Å². The van der Waals surface area contributed by atoms with E-state index in [4.69, 9.17) is 15.4 Å². The minimum absolute atomic E-state index is 0.0924. The SMILES string of the molecule is CC(C)(C)c1noc(-c2cnc(Nc3ccc(S(C)(=O)=O)c(F)c3)nc2N)n1.OCCc1ccccc1. The number of halogens is 1.